The van der Waals surface area contributed by atoms with E-state index in [1.54, 1.807) is 13.2 Å². The van der Waals surface area contributed by atoms with Crippen molar-refractivity contribution in [3.05, 3.63) is 33.4 Å². The van der Waals surface area contributed by atoms with Crippen LogP contribution in [0.5, 0.6) is 5.75 Å². The monoisotopic (exact) mass is 343 g/mol. The largest absolute Gasteiger partial charge is 0.490 e. The number of rotatable bonds is 8. The standard InChI is InChI=1S/C16H19ClFNO2S/c1-3-5-14-15(19-16(17)22-14)11-6-7-13(12(18)10-11)21-9-4-8-20-2/h6-7,10H,3-5,8-9H2,1-2H3. The minimum absolute atomic E-state index is 0.248. The van der Waals surface area contributed by atoms with Crippen molar-refractivity contribution in [1.29, 1.82) is 0 Å². The fourth-order valence-corrected chi connectivity index (χ4v) is 3.37. The predicted molar refractivity (Wildman–Crippen MR) is 88.5 cm³/mol. The van der Waals surface area contributed by atoms with Gasteiger partial charge in [0.2, 0.25) is 0 Å². The van der Waals surface area contributed by atoms with Crippen molar-refractivity contribution in [2.75, 3.05) is 20.3 Å². The summed E-state index contributed by atoms with van der Waals surface area (Å²) in [6.07, 6.45) is 2.60. The van der Waals surface area contributed by atoms with E-state index >= 15 is 0 Å². The Morgan fingerprint density at radius 1 is 1.32 bits per heavy atom. The lowest BCUT2D eigenvalue weighted by Crippen LogP contribution is -2.02. The van der Waals surface area contributed by atoms with Crippen molar-refractivity contribution in [1.82, 2.24) is 4.98 Å². The number of hydrogen-bond donors (Lipinski definition) is 0. The second-order valence-electron chi connectivity index (χ2n) is 4.83. The first-order valence-electron chi connectivity index (χ1n) is 7.22. The van der Waals surface area contributed by atoms with Crippen LogP contribution in [0, 0.1) is 5.82 Å². The van der Waals surface area contributed by atoms with Gasteiger partial charge in [-0.25, -0.2) is 9.37 Å². The first-order chi connectivity index (χ1) is 10.7. The number of aryl methyl sites for hydroxylation is 1. The van der Waals surface area contributed by atoms with E-state index in [9.17, 15) is 4.39 Å². The number of halogens is 2. The molecule has 0 amide bonds. The van der Waals surface area contributed by atoms with Crippen molar-refractivity contribution in [2.24, 2.45) is 0 Å². The lowest BCUT2D eigenvalue weighted by Gasteiger charge is -2.08. The maximum atomic E-state index is 14.2. The van der Waals surface area contributed by atoms with E-state index in [2.05, 4.69) is 11.9 Å². The van der Waals surface area contributed by atoms with Gasteiger partial charge >= 0.3 is 0 Å². The molecule has 0 aliphatic rings. The average Bonchev–Trinajstić information content (AvgIpc) is 2.86. The van der Waals surface area contributed by atoms with Gasteiger partial charge in [-0.05, 0) is 24.6 Å². The van der Waals surface area contributed by atoms with Gasteiger partial charge in [0.15, 0.2) is 16.0 Å². The highest BCUT2D eigenvalue weighted by Crippen LogP contribution is 2.33. The fourth-order valence-electron chi connectivity index (χ4n) is 2.10. The van der Waals surface area contributed by atoms with Gasteiger partial charge in [0.25, 0.3) is 0 Å². The van der Waals surface area contributed by atoms with E-state index in [4.69, 9.17) is 21.1 Å². The molecular weight excluding hydrogens is 325 g/mol. The zero-order valence-electron chi connectivity index (χ0n) is 12.7. The lowest BCUT2D eigenvalue weighted by molar-refractivity contribution is 0.170. The van der Waals surface area contributed by atoms with E-state index in [1.165, 1.54) is 17.4 Å². The zero-order valence-corrected chi connectivity index (χ0v) is 14.3. The van der Waals surface area contributed by atoms with Crippen molar-refractivity contribution < 1.29 is 13.9 Å². The fraction of sp³-hybridized carbons (Fsp3) is 0.438. The van der Waals surface area contributed by atoms with Gasteiger partial charge in [0, 0.05) is 30.6 Å². The minimum Gasteiger partial charge on any atom is -0.490 e. The van der Waals surface area contributed by atoms with Crippen LogP contribution in [-0.2, 0) is 11.2 Å². The molecule has 0 saturated carbocycles. The van der Waals surface area contributed by atoms with Gasteiger partial charge in [0.1, 0.15) is 0 Å². The predicted octanol–water partition coefficient (Wildman–Crippen LogP) is 4.97. The Labute approximate surface area is 139 Å². The summed E-state index contributed by atoms with van der Waals surface area (Å²) in [5.41, 5.74) is 1.50. The van der Waals surface area contributed by atoms with Gasteiger partial charge in [-0.15, -0.1) is 11.3 Å². The van der Waals surface area contributed by atoms with Crippen molar-refractivity contribution in [3.63, 3.8) is 0 Å². The van der Waals surface area contributed by atoms with Crippen molar-refractivity contribution in [3.8, 4) is 17.0 Å². The van der Waals surface area contributed by atoms with Crippen LogP contribution in [-0.4, -0.2) is 25.3 Å². The highest BCUT2D eigenvalue weighted by molar-refractivity contribution is 7.16. The SMILES string of the molecule is CCCc1sc(Cl)nc1-c1ccc(OCCCOC)c(F)c1. The highest BCUT2D eigenvalue weighted by atomic mass is 35.5. The molecule has 0 radical (unpaired) electrons. The van der Waals surface area contributed by atoms with Gasteiger partial charge in [-0.3, -0.25) is 0 Å². The second kappa shape index (κ2) is 8.46. The van der Waals surface area contributed by atoms with Crippen LogP contribution < -0.4 is 4.74 Å². The molecule has 1 aromatic carbocycles. The molecule has 1 heterocycles. The summed E-state index contributed by atoms with van der Waals surface area (Å²) >= 11 is 7.45. The lowest BCUT2D eigenvalue weighted by atomic mass is 10.1. The van der Waals surface area contributed by atoms with Crippen LogP contribution in [0.2, 0.25) is 4.47 Å². The van der Waals surface area contributed by atoms with E-state index < -0.39 is 0 Å². The Morgan fingerprint density at radius 2 is 2.14 bits per heavy atom. The quantitative estimate of drug-likeness (QED) is 0.634. The van der Waals surface area contributed by atoms with Crippen LogP contribution in [0.4, 0.5) is 4.39 Å². The molecule has 0 aliphatic carbocycles. The molecule has 0 fully saturated rings. The van der Waals surface area contributed by atoms with Crippen LogP contribution in [0.15, 0.2) is 18.2 Å². The number of benzene rings is 1. The Kier molecular flexibility index (Phi) is 6.61. The van der Waals surface area contributed by atoms with E-state index in [1.807, 2.05) is 6.07 Å². The normalized spacial score (nSPS) is 10.9. The molecule has 0 aliphatic heterocycles. The minimum atomic E-state index is -0.388. The summed E-state index contributed by atoms with van der Waals surface area (Å²) in [7, 11) is 1.63. The number of thiazole rings is 1. The summed E-state index contributed by atoms with van der Waals surface area (Å²) in [5, 5.41) is 0. The Morgan fingerprint density at radius 3 is 2.82 bits per heavy atom. The van der Waals surface area contributed by atoms with E-state index in [0.29, 0.717) is 17.7 Å². The molecule has 2 aromatic rings. The van der Waals surface area contributed by atoms with Gasteiger partial charge < -0.3 is 9.47 Å². The molecule has 0 atom stereocenters. The third-order valence-corrected chi connectivity index (χ3v) is 4.32. The Bertz CT molecular complexity index is 618. The third-order valence-electron chi connectivity index (χ3n) is 3.10. The number of ether oxygens (including phenoxy) is 2. The maximum Gasteiger partial charge on any atom is 0.184 e. The summed E-state index contributed by atoms with van der Waals surface area (Å²) < 4.78 is 25.0. The Hall–Kier alpha value is -1.17. The molecule has 0 spiro atoms. The van der Waals surface area contributed by atoms with Crippen LogP contribution in [0.25, 0.3) is 11.3 Å². The molecule has 22 heavy (non-hydrogen) atoms. The molecule has 2 rings (SSSR count). The smallest absolute Gasteiger partial charge is 0.184 e. The van der Waals surface area contributed by atoms with Crippen molar-refractivity contribution in [2.45, 2.75) is 26.2 Å². The number of aromatic nitrogens is 1. The number of methoxy groups -OCH3 is 1. The van der Waals surface area contributed by atoms with Crippen LogP contribution in [0.3, 0.4) is 0 Å². The topological polar surface area (TPSA) is 31.4 Å². The third kappa shape index (κ3) is 4.41. The molecule has 6 heteroatoms. The van der Waals surface area contributed by atoms with Crippen LogP contribution >= 0.6 is 22.9 Å². The average molecular weight is 344 g/mol. The molecule has 0 N–H and O–H groups in total. The van der Waals surface area contributed by atoms with E-state index in [-0.39, 0.29) is 11.6 Å². The van der Waals surface area contributed by atoms with E-state index in [0.717, 1.165) is 35.4 Å². The number of hydrogen-bond acceptors (Lipinski definition) is 4. The molecule has 1 aromatic heterocycles. The van der Waals surface area contributed by atoms with Crippen molar-refractivity contribution >= 4 is 22.9 Å². The maximum absolute atomic E-state index is 14.2. The number of nitrogens with zero attached hydrogens (tertiary/aromatic N) is 1. The molecular formula is C16H19ClFNO2S. The zero-order chi connectivity index (χ0) is 15.9. The van der Waals surface area contributed by atoms with Gasteiger partial charge in [-0.1, -0.05) is 24.9 Å². The molecule has 0 saturated heterocycles. The second-order valence-corrected chi connectivity index (χ2v) is 6.49. The molecule has 3 nitrogen and oxygen atoms in total. The summed E-state index contributed by atoms with van der Waals surface area (Å²) in [4.78, 5) is 5.40. The van der Waals surface area contributed by atoms with Gasteiger partial charge in [-0.2, -0.15) is 0 Å². The molecule has 0 unspecified atom stereocenters. The summed E-state index contributed by atoms with van der Waals surface area (Å²) in [6.45, 7) is 3.11. The first kappa shape index (κ1) is 17.2. The first-order valence-corrected chi connectivity index (χ1v) is 8.42. The summed E-state index contributed by atoms with van der Waals surface area (Å²) in [5.74, 6) is -0.139. The van der Waals surface area contributed by atoms with Gasteiger partial charge in [0.05, 0.1) is 12.3 Å². The molecule has 0 bridgehead atoms. The van der Waals surface area contributed by atoms with Crippen LogP contribution in [0.1, 0.15) is 24.6 Å². The summed E-state index contributed by atoms with van der Waals surface area (Å²) in [6, 6.07) is 4.91. The highest BCUT2D eigenvalue weighted by Gasteiger charge is 2.14. The molecule has 120 valence electrons. The Balaban J connectivity index is 2.15.